The lowest BCUT2D eigenvalue weighted by atomic mass is 10.2. The van der Waals surface area contributed by atoms with Crippen molar-refractivity contribution in [1.29, 1.82) is 0 Å². The molecule has 0 aliphatic carbocycles. The van der Waals surface area contributed by atoms with E-state index in [9.17, 15) is 24.0 Å². The van der Waals surface area contributed by atoms with E-state index in [-0.39, 0.29) is 56.4 Å². The van der Waals surface area contributed by atoms with Gasteiger partial charge >= 0.3 is 18.2 Å². The van der Waals surface area contributed by atoms with Gasteiger partial charge in [-0.1, -0.05) is 0 Å². The van der Waals surface area contributed by atoms with Crippen LogP contribution in [0.5, 0.6) is 0 Å². The molecule has 2 rings (SSSR count). The molecule has 0 radical (unpaired) electrons. The van der Waals surface area contributed by atoms with Gasteiger partial charge in [0.1, 0.15) is 5.60 Å². The second kappa shape index (κ2) is 11.3. The second-order valence-corrected chi connectivity index (χ2v) is 6.63. The van der Waals surface area contributed by atoms with E-state index in [2.05, 4.69) is 16.0 Å². The molecule has 2 saturated heterocycles. The van der Waals surface area contributed by atoms with Gasteiger partial charge in [-0.25, -0.2) is 14.4 Å². The summed E-state index contributed by atoms with van der Waals surface area (Å²) in [5.74, 6) is -0.489. The molecule has 0 bridgehead atoms. The number of urea groups is 2. The molecule has 13 heteroatoms. The Morgan fingerprint density at radius 1 is 1.04 bits per heavy atom. The van der Waals surface area contributed by atoms with E-state index < -0.39 is 17.7 Å². The largest absolute Gasteiger partial charge is 0.444 e. The Kier molecular flexibility index (Phi) is 10.2. The fourth-order valence-electron chi connectivity index (χ4n) is 2.08. The third-order valence-corrected chi connectivity index (χ3v) is 3.23. The molecule has 0 atom stereocenters. The van der Waals surface area contributed by atoms with Crippen LogP contribution in [0.1, 0.15) is 20.8 Å². The monoisotopic (exact) mass is 422 g/mol. The van der Waals surface area contributed by atoms with Crippen LogP contribution in [0.3, 0.4) is 0 Å². The van der Waals surface area contributed by atoms with Gasteiger partial charge in [0.15, 0.2) is 0 Å². The minimum absolute atomic E-state index is 0. The molecule has 5 N–H and O–H groups in total. The summed E-state index contributed by atoms with van der Waals surface area (Å²) in [5.41, 5.74) is 4.59. The lowest BCUT2D eigenvalue weighted by Crippen LogP contribution is -2.40. The van der Waals surface area contributed by atoms with Crippen molar-refractivity contribution in [2.75, 3.05) is 39.3 Å². The van der Waals surface area contributed by atoms with Gasteiger partial charge in [-0.05, 0) is 20.8 Å². The van der Waals surface area contributed by atoms with Crippen molar-refractivity contribution in [2.45, 2.75) is 26.4 Å². The predicted molar refractivity (Wildman–Crippen MR) is 101 cm³/mol. The highest BCUT2D eigenvalue weighted by Crippen LogP contribution is 2.06. The predicted octanol–water partition coefficient (Wildman–Crippen LogP) is -1.02. The van der Waals surface area contributed by atoms with Crippen molar-refractivity contribution in [2.24, 2.45) is 5.73 Å². The first-order chi connectivity index (χ1) is 12.5. The van der Waals surface area contributed by atoms with Gasteiger partial charge < -0.3 is 26.4 Å². The first kappa shape index (κ1) is 25.4. The number of nitrogens with two attached hydrogens (primary N) is 1. The number of nitrogens with one attached hydrogen (secondary N) is 3. The average Bonchev–Trinajstić information content (AvgIpc) is 3.04. The summed E-state index contributed by atoms with van der Waals surface area (Å²) >= 11 is 0. The fraction of sp³-hybridized carbons (Fsp3) is 0.667. The summed E-state index contributed by atoms with van der Waals surface area (Å²) in [6.07, 6.45) is -0.565. The van der Waals surface area contributed by atoms with Gasteiger partial charge in [0.05, 0.1) is 13.1 Å². The Labute approximate surface area is 168 Å². The fourth-order valence-corrected chi connectivity index (χ4v) is 2.08. The third kappa shape index (κ3) is 8.39. The SMILES string of the molecule is CC(C)(C)OC(=O)NCCN1C(=O)CNC1=O.Cl.NCCN1C(=O)CNC1=O. The van der Waals surface area contributed by atoms with Gasteiger partial charge in [-0.3, -0.25) is 19.4 Å². The van der Waals surface area contributed by atoms with E-state index in [1.54, 1.807) is 20.8 Å². The molecule has 0 aromatic rings. The average molecular weight is 423 g/mol. The van der Waals surface area contributed by atoms with Crippen LogP contribution in [0, 0.1) is 0 Å². The maximum atomic E-state index is 11.3. The molecule has 28 heavy (non-hydrogen) atoms. The summed E-state index contributed by atoms with van der Waals surface area (Å²) in [6.45, 7) is 6.34. The topological polar surface area (TPSA) is 163 Å². The van der Waals surface area contributed by atoms with Crippen LogP contribution in [-0.4, -0.2) is 84.6 Å². The van der Waals surface area contributed by atoms with Gasteiger partial charge in [0.25, 0.3) is 0 Å². The quantitative estimate of drug-likeness (QED) is 0.412. The van der Waals surface area contributed by atoms with E-state index in [4.69, 9.17) is 10.5 Å². The van der Waals surface area contributed by atoms with Gasteiger partial charge in [-0.15, -0.1) is 12.4 Å². The zero-order valence-electron chi connectivity index (χ0n) is 16.1. The molecule has 2 heterocycles. The minimum atomic E-state index is -0.565. The standard InChI is InChI=1S/C10H17N3O4.C5H9N3O2.ClH/c1-10(2,3)17-9(16)11-4-5-13-7(14)6-12-8(13)15;6-1-2-8-4(9)3-7-5(8)10;/h4-6H2,1-3H3,(H,11,16)(H,12,15);1-3,6H2,(H,7,10);1H. The van der Waals surface area contributed by atoms with Crippen LogP contribution in [0.2, 0.25) is 0 Å². The molecular weight excluding hydrogens is 396 g/mol. The molecule has 0 spiro atoms. The lowest BCUT2D eigenvalue weighted by molar-refractivity contribution is -0.125. The molecule has 0 unspecified atom stereocenters. The first-order valence-electron chi connectivity index (χ1n) is 8.38. The van der Waals surface area contributed by atoms with Gasteiger partial charge in [0, 0.05) is 26.2 Å². The van der Waals surface area contributed by atoms with Crippen molar-refractivity contribution < 1.29 is 28.7 Å². The number of ether oxygens (including phenoxy) is 1. The number of hydrogen-bond donors (Lipinski definition) is 4. The van der Waals surface area contributed by atoms with E-state index in [1.807, 2.05) is 0 Å². The Bertz CT molecular complexity index is 576. The molecule has 12 nitrogen and oxygen atoms in total. The highest BCUT2D eigenvalue weighted by Gasteiger charge is 2.28. The lowest BCUT2D eigenvalue weighted by Gasteiger charge is -2.20. The van der Waals surface area contributed by atoms with Crippen molar-refractivity contribution in [1.82, 2.24) is 25.8 Å². The van der Waals surface area contributed by atoms with Crippen LogP contribution in [0.25, 0.3) is 0 Å². The smallest absolute Gasteiger partial charge is 0.407 e. The number of imide groups is 2. The van der Waals surface area contributed by atoms with E-state index >= 15 is 0 Å². The number of halogens is 1. The van der Waals surface area contributed by atoms with E-state index in [0.29, 0.717) is 13.1 Å². The Morgan fingerprint density at radius 3 is 1.86 bits per heavy atom. The first-order valence-corrected chi connectivity index (χ1v) is 8.38. The molecule has 2 aliphatic rings. The van der Waals surface area contributed by atoms with Crippen LogP contribution >= 0.6 is 12.4 Å². The highest BCUT2D eigenvalue weighted by atomic mass is 35.5. The molecule has 0 aromatic carbocycles. The highest BCUT2D eigenvalue weighted by molar-refractivity contribution is 6.02. The van der Waals surface area contributed by atoms with Crippen LogP contribution in [0.15, 0.2) is 0 Å². The number of carbonyl (C=O) groups is 5. The normalized spacial score (nSPS) is 16.0. The number of rotatable bonds is 5. The zero-order chi connectivity index (χ0) is 20.6. The van der Waals surface area contributed by atoms with Crippen LogP contribution < -0.4 is 21.7 Å². The molecule has 2 aliphatic heterocycles. The number of alkyl carbamates (subject to hydrolysis) is 1. The minimum Gasteiger partial charge on any atom is -0.444 e. The van der Waals surface area contributed by atoms with Crippen molar-refractivity contribution in [3.05, 3.63) is 0 Å². The third-order valence-electron chi connectivity index (χ3n) is 3.23. The maximum absolute atomic E-state index is 11.3. The zero-order valence-corrected chi connectivity index (χ0v) is 16.9. The Balaban J connectivity index is 0.000000567. The summed E-state index contributed by atoms with van der Waals surface area (Å²) < 4.78 is 5.00. The molecule has 160 valence electrons. The number of hydrogen-bond acceptors (Lipinski definition) is 7. The Morgan fingerprint density at radius 2 is 1.50 bits per heavy atom. The maximum Gasteiger partial charge on any atom is 0.407 e. The Hall–Kier alpha value is -2.60. The second-order valence-electron chi connectivity index (χ2n) is 6.63. The number of nitrogens with zero attached hydrogens (tertiary/aromatic N) is 2. The molecule has 2 fully saturated rings. The van der Waals surface area contributed by atoms with Crippen LogP contribution in [0.4, 0.5) is 14.4 Å². The van der Waals surface area contributed by atoms with Gasteiger partial charge in [0.2, 0.25) is 11.8 Å². The summed E-state index contributed by atoms with van der Waals surface area (Å²) in [4.78, 5) is 57.2. The summed E-state index contributed by atoms with van der Waals surface area (Å²) in [5, 5.41) is 7.25. The van der Waals surface area contributed by atoms with Crippen molar-refractivity contribution in [3.63, 3.8) is 0 Å². The van der Waals surface area contributed by atoms with Gasteiger partial charge in [-0.2, -0.15) is 0 Å². The van der Waals surface area contributed by atoms with E-state index in [1.165, 1.54) is 0 Å². The molecule has 7 amide bonds. The van der Waals surface area contributed by atoms with Crippen LogP contribution in [-0.2, 0) is 14.3 Å². The van der Waals surface area contributed by atoms with E-state index in [0.717, 1.165) is 9.80 Å². The molecular formula is C15H27ClN6O6. The number of carbonyl (C=O) groups excluding carboxylic acids is 5. The van der Waals surface area contributed by atoms with Crippen molar-refractivity contribution >= 4 is 42.4 Å². The number of amides is 7. The molecule has 0 saturated carbocycles. The van der Waals surface area contributed by atoms with Crippen molar-refractivity contribution in [3.8, 4) is 0 Å². The summed E-state index contributed by atoms with van der Waals surface area (Å²) in [6, 6.07) is -0.767. The summed E-state index contributed by atoms with van der Waals surface area (Å²) in [7, 11) is 0. The molecule has 0 aromatic heterocycles.